The molecule has 0 bridgehead atoms. The van der Waals surface area contributed by atoms with Crippen LogP contribution >= 0.6 is 27.5 Å². The van der Waals surface area contributed by atoms with E-state index in [-0.39, 0.29) is 24.7 Å². The zero-order valence-corrected chi connectivity index (χ0v) is 13.8. The number of morpholine rings is 1. The molecule has 6 heteroatoms. The van der Waals surface area contributed by atoms with E-state index in [2.05, 4.69) is 15.9 Å². The minimum atomic E-state index is -0.0335. The van der Waals surface area contributed by atoms with Gasteiger partial charge in [-0.3, -0.25) is 4.79 Å². The largest absolute Gasteiger partial charge is 0.483 e. The quantitative estimate of drug-likeness (QED) is 0.829. The van der Waals surface area contributed by atoms with Gasteiger partial charge >= 0.3 is 0 Å². The summed E-state index contributed by atoms with van der Waals surface area (Å²) in [5.41, 5.74) is 0. The van der Waals surface area contributed by atoms with Gasteiger partial charge in [0.2, 0.25) is 0 Å². The summed E-state index contributed by atoms with van der Waals surface area (Å²) < 4.78 is 11.9. The number of rotatable bonds is 3. The monoisotopic (exact) mass is 361 g/mol. The molecule has 2 atom stereocenters. The number of hydrogen-bond donors (Lipinski definition) is 0. The van der Waals surface area contributed by atoms with Crippen molar-refractivity contribution in [1.29, 1.82) is 0 Å². The number of ether oxygens (including phenoxy) is 2. The molecular weight excluding hydrogens is 346 g/mol. The second-order valence-electron chi connectivity index (χ2n) is 4.92. The Labute approximate surface area is 132 Å². The van der Waals surface area contributed by atoms with Gasteiger partial charge in [-0.05, 0) is 48.0 Å². The summed E-state index contributed by atoms with van der Waals surface area (Å²) in [5, 5.41) is 0.617. The highest BCUT2D eigenvalue weighted by molar-refractivity contribution is 9.10. The van der Waals surface area contributed by atoms with Crippen LogP contribution in [0, 0.1) is 0 Å². The SMILES string of the molecule is CC1CN(C(=O)COc2ccc(Cl)cc2Br)CC(C)O1. The number of carbonyl (C=O) groups is 1. The lowest BCUT2D eigenvalue weighted by Gasteiger charge is -2.35. The summed E-state index contributed by atoms with van der Waals surface area (Å²) in [6.45, 7) is 5.15. The van der Waals surface area contributed by atoms with E-state index >= 15 is 0 Å². The number of hydrogen-bond acceptors (Lipinski definition) is 3. The maximum atomic E-state index is 12.1. The van der Waals surface area contributed by atoms with Crippen molar-refractivity contribution in [2.45, 2.75) is 26.1 Å². The van der Waals surface area contributed by atoms with Crippen molar-refractivity contribution in [1.82, 2.24) is 4.90 Å². The lowest BCUT2D eigenvalue weighted by molar-refractivity contribution is -0.145. The van der Waals surface area contributed by atoms with Crippen LogP contribution in [0.3, 0.4) is 0 Å². The van der Waals surface area contributed by atoms with Crippen LogP contribution in [0.1, 0.15) is 13.8 Å². The number of halogens is 2. The third-order valence-corrected chi connectivity index (χ3v) is 3.87. The van der Waals surface area contributed by atoms with Crippen molar-refractivity contribution in [2.24, 2.45) is 0 Å². The molecule has 1 amide bonds. The van der Waals surface area contributed by atoms with Crippen LogP contribution in [0.2, 0.25) is 5.02 Å². The highest BCUT2D eigenvalue weighted by Crippen LogP contribution is 2.28. The Morgan fingerprint density at radius 2 is 2.10 bits per heavy atom. The van der Waals surface area contributed by atoms with E-state index in [0.29, 0.717) is 23.9 Å². The summed E-state index contributed by atoms with van der Waals surface area (Å²) >= 11 is 9.22. The van der Waals surface area contributed by atoms with Gasteiger partial charge < -0.3 is 14.4 Å². The molecule has 110 valence electrons. The molecule has 1 saturated heterocycles. The summed E-state index contributed by atoms with van der Waals surface area (Å²) in [6.07, 6.45) is 0.120. The smallest absolute Gasteiger partial charge is 0.260 e. The molecule has 0 aromatic heterocycles. The number of amides is 1. The van der Waals surface area contributed by atoms with Crippen molar-refractivity contribution >= 4 is 33.4 Å². The Morgan fingerprint density at radius 1 is 1.45 bits per heavy atom. The van der Waals surface area contributed by atoms with Crippen LogP contribution in [0.15, 0.2) is 22.7 Å². The molecule has 0 aliphatic carbocycles. The van der Waals surface area contributed by atoms with Crippen LogP contribution in [0.5, 0.6) is 5.75 Å². The van der Waals surface area contributed by atoms with Gasteiger partial charge in [-0.2, -0.15) is 0 Å². The molecule has 1 aliphatic heterocycles. The summed E-state index contributed by atoms with van der Waals surface area (Å²) in [4.78, 5) is 13.9. The lowest BCUT2D eigenvalue weighted by Crippen LogP contribution is -2.49. The van der Waals surface area contributed by atoms with Gasteiger partial charge in [0.25, 0.3) is 5.91 Å². The molecule has 1 aromatic rings. The second kappa shape index (κ2) is 6.78. The van der Waals surface area contributed by atoms with Crippen molar-refractivity contribution in [2.75, 3.05) is 19.7 Å². The van der Waals surface area contributed by atoms with E-state index in [0.717, 1.165) is 4.47 Å². The van der Waals surface area contributed by atoms with E-state index in [9.17, 15) is 4.79 Å². The maximum Gasteiger partial charge on any atom is 0.260 e. The first-order valence-electron chi connectivity index (χ1n) is 6.47. The summed E-state index contributed by atoms with van der Waals surface area (Å²) in [6, 6.07) is 5.20. The predicted octanol–water partition coefficient (Wildman–Crippen LogP) is 3.12. The zero-order chi connectivity index (χ0) is 14.7. The van der Waals surface area contributed by atoms with Gasteiger partial charge in [0, 0.05) is 18.1 Å². The molecule has 20 heavy (non-hydrogen) atoms. The van der Waals surface area contributed by atoms with Gasteiger partial charge in [-0.15, -0.1) is 0 Å². The normalized spacial score (nSPS) is 22.7. The average molecular weight is 363 g/mol. The third kappa shape index (κ3) is 4.11. The van der Waals surface area contributed by atoms with Crippen LogP contribution in [-0.4, -0.2) is 42.7 Å². The Bertz CT molecular complexity index is 487. The van der Waals surface area contributed by atoms with E-state index in [1.54, 1.807) is 23.1 Å². The maximum absolute atomic E-state index is 12.1. The fourth-order valence-electron chi connectivity index (χ4n) is 2.20. The summed E-state index contributed by atoms with van der Waals surface area (Å²) in [5.74, 6) is 0.575. The van der Waals surface area contributed by atoms with Crippen LogP contribution in [0.25, 0.3) is 0 Å². The molecule has 1 aliphatic rings. The molecule has 4 nitrogen and oxygen atoms in total. The van der Waals surface area contributed by atoms with Crippen LogP contribution in [0.4, 0.5) is 0 Å². The fraction of sp³-hybridized carbons (Fsp3) is 0.500. The van der Waals surface area contributed by atoms with Crippen LogP contribution in [-0.2, 0) is 9.53 Å². The van der Waals surface area contributed by atoms with Gasteiger partial charge in [0.15, 0.2) is 6.61 Å². The molecule has 1 heterocycles. The lowest BCUT2D eigenvalue weighted by atomic mass is 10.2. The van der Waals surface area contributed by atoms with Crippen molar-refractivity contribution < 1.29 is 14.3 Å². The minimum Gasteiger partial charge on any atom is -0.483 e. The number of benzene rings is 1. The fourth-order valence-corrected chi connectivity index (χ4v) is 3.00. The predicted molar refractivity (Wildman–Crippen MR) is 81.2 cm³/mol. The molecule has 1 fully saturated rings. The molecule has 0 N–H and O–H groups in total. The third-order valence-electron chi connectivity index (χ3n) is 3.02. The molecule has 0 radical (unpaired) electrons. The summed E-state index contributed by atoms with van der Waals surface area (Å²) in [7, 11) is 0. The van der Waals surface area contributed by atoms with Crippen molar-refractivity contribution in [3.63, 3.8) is 0 Å². The Hall–Kier alpha value is -0.780. The number of nitrogens with zero attached hydrogens (tertiary/aromatic N) is 1. The van der Waals surface area contributed by atoms with Gasteiger partial charge in [-0.1, -0.05) is 11.6 Å². The zero-order valence-electron chi connectivity index (χ0n) is 11.4. The first kappa shape index (κ1) is 15.6. The van der Waals surface area contributed by atoms with Gasteiger partial charge in [0.05, 0.1) is 16.7 Å². The molecule has 0 spiro atoms. The minimum absolute atomic E-state index is 0.0136. The van der Waals surface area contributed by atoms with E-state index in [4.69, 9.17) is 21.1 Å². The first-order valence-corrected chi connectivity index (χ1v) is 7.64. The standard InChI is InChI=1S/C14H17BrClNO3/c1-9-6-17(7-10(2)20-9)14(18)8-19-13-4-3-11(16)5-12(13)15/h3-5,9-10H,6-8H2,1-2H3. The van der Waals surface area contributed by atoms with E-state index in [1.165, 1.54) is 0 Å². The average Bonchev–Trinajstić information content (AvgIpc) is 2.36. The Morgan fingerprint density at radius 3 is 2.70 bits per heavy atom. The van der Waals surface area contributed by atoms with Crippen molar-refractivity contribution in [3.05, 3.63) is 27.7 Å². The Balaban J connectivity index is 1.91. The highest BCUT2D eigenvalue weighted by Gasteiger charge is 2.26. The Kier molecular flexibility index (Phi) is 5.29. The molecule has 0 saturated carbocycles. The first-order chi connectivity index (χ1) is 9.45. The second-order valence-corrected chi connectivity index (χ2v) is 6.21. The topological polar surface area (TPSA) is 38.8 Å². The van der Waals surface area contributed by atoms with Gasteiger partial charge in [0.1, 0.15) is 5.75 Å². The van der Waals surface area contributed by atoms with Crippen LogP contribution < -0.4 is 4.74 Å². The van der Waals surface area contributed by atoms with Crippen molar-refractivity contribution in [3.8, 4) is 5.75 Å². The molecule has 1 aromatic carbocycles. The molecular formula is C14H17BrClNO3. The number of carbonyl (C=O) groups excluding carboxylic acids is 1. The molecule has 2 rings (SSSR count). The van der Waals surface area contributed by atoms with E-state index < -0.39 is 0 Å². The molecule has 2 unspecified atom stereocenters. The van der Waals surface area contributed by atoms with Gasteiger partial charge in [-0.25, -0.2) is 0 Å². The van der Waals surface area contributed by atoms with E-state index in [1.807, 2.05) is 13.8 Å². The highest BCUT2D eigenvalue weighted by atomic mass is 79.9.